The Labute approximate surface area is 105 Å². The molecule has 86 valence electrons. The highest BCUT2D eigenvalue weighted by Crippen LogP contribution is 2.07. The maximum atomic E-state index is 5.72. The van der Waals surface area contributed by atoms with Crippen LogP contribution in [0.5, 0.6) is 0 Å². The van der Waals surface area contributed by atoms with Crippen molar-refractivity contribution >= 4 is 11.3 Å². The van der Waals surface area contributed by atoms with Crippen LogP contribution in [0.25, 0.3) is 5.65 Å². The van der Waals surface area contributed by atoms with Gasteiger partial charge in [-0.2, -0.15) is 0 Å². The minimum absolute atomic E-state index is 0.725. The zero-order chi connectivity index (χ0) is 12.4. The van der Waals surface area contributed by atoms with Crippen molar-refractivity contribution < 1.29 is 0 Å². The van der Waals surface area contributed by atoms with Crippen molar-refractivity contribution in [2.45, 2.75) is 0 Å². The Morgan fingerprint density at radius 2 is 1.94 bits per heavy atom. The Bertz CT molecular complexity index is 760. The van der Waals surface area contributed by atoms with Crippen molar-refractivity contribution in [3.8, 4) is 11.8 Å². The number of fused-ring (bicyclic) bond motifs is 1. The highest BCUT2D eigenvalue weighted by Gasteiger charge is 1.96. The molecule has 0 amide bonds. The Morgan fingerprint density at radius 1 is 1.06 bits per heavy atom. The molecule has 0 aliphatic rings. The summed E-state index contributed by atoms with van der Waals surface area (Å²) in [6, 6.07) is 13.4. The number of anilines is 1. The van der Waals surface area contributed by atoms with Crippen molar-refractivity contribution in [2.24, 2.45) is 0 Å². The maximum absolute atomic E-state index is 5.72. The van der Waals surface area contributed by atoms with Crippen LogP contribution in [0.2, 0.25) is 0 Å². The van der Waals surface area contributed by atoms with E-state index in [2.05, 4.69) is 16.8 Å². The highest BCUT2D eigenvalue weighted by atomic mass is 15.0. The van der Waals surface area contributed by atoms with Crippen LogP contribution < -0.4 is 5.73 Å². The van der Waals surface area contributed by atoms with E-state index >= 15 is 0 Å². The molecule has 0 fully saturated rings. The van der Waals surface area contributed by atoms with Crippen molar-refractivity contribution in [1.82, 2.24) is 9.38 Å². The number of pyridine rings is 1. The van der Waals surface area contributed by atoms with Gasteiger partial charge in [-0.3, -0.25) is 4.40 Å². The van der Waals surface area contributed by atoms with E-state index in [9.17, 15) is 0 Å². The molecular weight excluding hydrogens is 222 g/mol. The first-order valence-electron chi connectivity index (χ1n) is 5.62. The fourth-order valence-corrected chi connectivity index (χ4v) is 1.80. The molecule has 0 aliphatic carbocycles. The summed E-state index contributed by atoms with van der Waals surface area (Å²) in [5.74, 6) is 6.24. The fourth-order valence-electron chi connectivity index (χ4n) is 1.80. The SMILES string of the molecule is Nc1cccc(C#Cc2cccc3nccn23)c1. The van der Waals surface area contributed by atoms with E-state index in [-0.39, 0.29) is 0 Å². The maximum Gasteiger partial charge on any atom is 0.137 e. The summed E-state index contributed by atoms with van der Waals surface area (Å²) < 4.78 is 1.96. The van der Waals surface area contributed by atoms with Crippen LogP contribution in [0.15, 0.2) is 54.9 Å². The van der Waals surface area contributed by atoms with Gasteiger partial charge in [0.1, 0.15) is 5.65 Å². The molecule has 0 saturated heterocycles. The lowest BCUT2D eigenvalue weighted by Crippen LogP contribution is -1.90. The largest absolute Gasteiger partial charge is 0.399 e. The second-order valence-electron chi connectivity index (χ2n) is 3.94. The summed E-state index contributed by atoms with van der Waals surface area (Å²) >= 11 is 0. The molecule has 0 bridgehead atoms. The lowest BCUT2D eigenvalue weighted by atomic mass is 10.2. The molecule has 3 nitrogen and oxygen atoms in total. The molecule has 2 heterocycles. The third kappa shape index (κ3) is 1.92. The van der Waals surface area contributed by atoms with E-state index < -0.39 is 0 Å². The fraction of sp³-hybridized carbons (Fsp3) is 0. The van der Waals surface area contributed by atoms with Gasteiger partial charge in [-0.1, -0.05) is 18.1 Å². The predicted octanol–water partition coefficient (Wildman–Crippen LogP) is 2.32. The van der Waals surface area contributed by atoms with Crippen molar-refractivity contribution in [2.75, 3.05) is 5.73 Å². The van der Waals surface area contributed by atoms with Crippen molar-refractivity contribution in [1.29, 1.82) is 0 Å². The zero-order valence-corrected chi connectivity index (χ0v) is 9.67. The summed E-state index contributed by atoms with van der Waals surface area (Å²) in [7, 11) is 0. The summed E-state index contributed by atoms with van der Waals surface area (Å²) in [6.07, 6.45) is 3.67. The molecule has 0 unspecified atom stereocenters. The van der Waals surface area contributed by atoms with E-state index in [4.69, 9.17) is 5.73 Å². The number of nitrogens with two attached hydrogens (primary N) is 1. The van der Waals surface area contributed by atoms with Crippen LogP contribution in [-0.4, -0.2) is 9.38 Å². The van der Waals surface area contributed by atoms with Crippen molar-refractivity contribution in [3.05, 3.63) is 66.1 Å². The highest BCUT2D eigenvalue weighted by molar-refractivity contribution is 5.50. The Kier molecular flexibility index (Phi) is 2.47. The molecule has 3 rings (SSSR count). The smallest absolute Gasteiger partial charge is 0.137 e. The molecule has 2 N–H and O–H groups in total. The lowest BCUT2D eigenvalue weighted by molar-refractivity contribution is 1.15. The average molecular weight is 233 g/mol. The van der Waals surface area contributed by atoms with Gasteiger partial charge in [0.05, 0.1) is 5.69 Å². The van der Waals surface area contributed by atoms with Gasteiger partial charge in [0, 0.05) is 23.6 Å². The van der Waals surface area contributed by atoms with Gasteiger partial charge < -0.3 is 5.73 Å². The van der Waals surface area contributed by atoms with Gasteiger partial charge in [0.25, 0.3) is 0 Å². The van der Waals surface area contributed by atoms with Gasteiger partial charge in [0.15, 0.2) is 0 Å². The minimum atomic E-state index is 0.725. The quantitative estimate of drug-likeness (QED) is 0.478. The van der Waals surface area contributed by atoms with Crippen molar-refractivity contribution in [3.63, 3.8) is 0 Å². The Morgan fingerprint density at radius 3 is 2.83 bits per heavy atom. The number of imidazole rings is 1. The number of nitrogen functional groups attached to an aromatic ring is 1. The van der Waals surface area contributed by atoms with E-state index in [0.717, 1.165) is 22.6 Å². The van der Waals surface area contributed by atoms with Gasteiger partial charge >= 0.3 is 0 Å². The van der Waals surface area contributed by atoms with Crippen LogP contribution in [0.1, 0.15) is 11.3 Å². The first-order chi connectivity index (χ1) is 8.83. The molecule has 1 aromatic carbocycles. The summed E-state index contributed by atoms with van der Waals surface area (Å²) in [4.78, 5) is 4.22. The standard InChI is InChI=1S/C15H11N3/c16-13-4-1-3-12(11-13)7-8-14-5-2-6-15-17-9-10-18(14)15/h1-6,9-11H,16H2. The molecule has 3 heteroatoms. The number of nitrogens with zero attached hydrogens (tertiary/aromatic N) is 2. The molecule has 0 radical (unpaired) electrons. The molecule has 0 aliphatic heterocycles. The number of rotatable bonds is 0. The first-order valence-corrected chi connectivity index (χ1v) is 5.62. The summed E-state index contributed by atoms with van der Waals surface area (Å²) in [6.45, 7) is 0. The minimum Gasteiger partial charge on any atom is -0.399 e. The van der Waals surface area contributed by atoms with E-state index in [1.54, 1.807) is 6.20 Å². The molecule has 18 heavy (non-hydrogen) atoms. The number of hydrogen-bond acceptors (Lipinski definition) is 2. The topological polar surface area (TPSA) is 43.3 Å². The number of benzene rings is 1. The second-order valence-corrected chi connectivity index (χ2v) is 3.94. The van der Waals surface area contributed by atoms with Crippen LogP contribution in [-0.2, 0) is 0 Å². The predicted molar refractivity (Wildman–Crippen MR) is 72.0 cm³/mol. The van der Waals surface area contributed by atoms with Gasteiger partial charge in [-0.25, -0.2) is 4.98 Å². The Hall–Kier alpha value is -2.73. The van der Waals surface area contributed by atoms with E-state index in [1.807, 2.05) is 53.1 Å². The van der Waals surface area contributed by atoms with Crippen LogP contribution in [0.3, 0.4) is 0 Å². The number of hydrogen-bond donors (Lipinski definition) is 1. The van der Waals surface area contributed by atoms with Crippen LogP contribution in [0.4, 0.5) is 5.69 Å². The van der Waals surface area contributed by atoms with Crippen LogP contribution >= 0.6 is 0 Å². The molecular formula is C15H11N3. The molecule has 0 saturated carbocycles. The third-order valence-corrected chi connectivity index (χ3v) is 2.65. The molecule has 2 aromatic heterocycles. The Balaban J connectivity index is 2.05. The molecule has 0 atom stereocenters. The monoisotopic (exact) mass is 233 g/mol. The van der Waals surface area contributed by atoms with Gasteiger partial charge in [0.2, 0.25) is 0 Å². The lowest BCUT2D eigenvalue weighted by Gasteiger charge is -1.97. The molecule has 3 aromatic rings. The van der Waals surface area contributed by atoms with Gasteiger partial charge in [-0.05, 0) is 36.3 Å². The normalized spacial score (nSPS) is 10.0. The molecule has 0 spiro atoms. The first kappa shape index (κ1) is 10.4. The zero-order valence-electron chi connectivity index (χ0n) is 9.67. The second kappa shape index (κ2) is 4.27. The van der Waals surface area contributed by atoms with E-state index in [0.29, 0.717) is 0 Å². The third-order valence-electron chi connectivity index (χ3n) is 2.65. The summed E-state index contributed by atoms with van der Waals surface area (Å²) in [5.41, 5.74) is 9.16. The number of aromatic nitrogens is 2. The average Bonchev–Trinajstić information content (AvgIpc) is 2.85. The summed E-state index contributed by atoms with van der Waals surface area (Å²) in [5, 5.41) is 0. The van der Waals surface area contributed by atoms with Gasteiger partial charge in [-0.15, -0.1) is 0 Å². The van der Waals surface area contributed by atoms with Crippen LogP contribution in [0, 0.1) is 11.8 Å². The van der Waals surface area contributed by atoms with E-state index in [1.165, 1.54) is 0 Å².